The SMILES string of the molecule is CC(C)(C)CCn1c(=O)c(C2=NS(=O)(=O)c3cc(OCC(N)=O)ccc3N2)c(O)c2ccccc21. The Bertz CT molecular complexity index is 1530. The molecule has 4 rings (SSSR count). The van der Waals surface area contributed by atoms with Crippen LogP contribution in [0.5, 0.6) is 11.5 Å². The van der Waals surface area contributed by atoms with E-state index in [1.165, 1.54) is 22.8 Å². The van der Waals surface area contributed by atoms with Gasteiger partial charge in [-0.05, 0) is 36.1 Å². The first-order valence-electron chi connectivity index (χ1n) is 10.9. The molecule has 4 N–H and O–H groups in total. The summed E-state index contributed by atoms with van der Waals surface area (Å²) in [7, 11) is -4.27. The second-order valence-electron chi connectivity index (χ2n) is 9.46. The largest absolute Gasteiger partial charge is 0.506 e. The molecule has 0 fully saturated rings. The fraction of sp³-hybridized carbons (Fsp3) is 0.292. The highest BCUT2D eigenvalue weighted by atomic mass is 32.2. The van der Waals surface area contributed by atoms with Gasteiger partial charge in [-0.1, -0.05) is 32.9 Å². The number of nitrogens with zero attached hydrogens (tertiary/aromatic N) is 2. The number of aryl methyl sites for hydroxylation is 1. The first-order chi connectivity index (χ1) is 16.4. The van der Waals surface area contributed by atoms with Gasteiger partial charge in [0, 0.05) is 18.0 Å². The van der Waals surface area contributed by atoms with Crippen LogP contribution in [-0.4, -0.2) is 36.4 Å². The zero-order chi connectivity index (χ0) is 25.5. The number of ether oxygens (including phenoxy) is 1. The fourth-order valence-corrected chi connectivity index (χ4v) is 4.90. The number of anilines is 1. The zero-order valence-electron chi connectivity index (χ0n) is 19.5. The molecule has 11 heteroatoms. The Hall–Kier alpha value is -3.86. The molecule has 0 aliphatic carbocycles. The van der Waals surface area contributed by atoms with Crippen molar-refractivity contribution in [2.24, 2.45) is 15.5 Å². The first-order valence-corrected chi connectivity index (χ1v) is 12.3. The molecule has 0 spiro atoms. The third-order valence-electron chi connectivity index (χ3n) is 5.54. The monoisotopic (exact) mass is 498 g/mol. The van der Waals surface area contributed by atoms with Crippen LogP contribution in [0, 0.1) is 5.41 Å². The summed E-state index contributed by atoms with van der Waals surface area (Å²) in [5.41, 5.74) is 4.90. The van der Waals surface area contributed by atoms with Crippen LogP contribution in [0.3, 0.4) is 0 Å². The molecule has 0 radical (unpaired) electrons. The van der Waals surface area contributed by atoms with Gasteiger partial charge in [-0.25, -0.2) is 0 Å². The van der Waals surface area contributed by atoms with Crippen molar-refractivity contribution in [2.45, 2.75) is 38.6 Å². The summed E-state index contributed by atoms with van der Waals surface area (Å²) in [6.45, 7) is 6.12. The van der Waals surface area contributed by atoms with E-state index in [4.69, 9.17) is 10.5 Å². The minimum absolute atomic E-state index is 0.0598. The molecule has 0 saturated heterocycles. The number of carbonyl (C=O) groups excluding carboxylic acids is 1. The number of primary amides is 1. The summed E-state index contributed by atoms with van der Waals surface area (Å²) in [5.74, 6) is -1.23. The number of rotatable bonds is 6. The van der Waals surface area contributed by atoms with Gasteiger partial charge in [0.2, 0.25) is 0 Å². The summed E-state index contributed by atoms with van der Waals surface area (Å²) in [5, 5.41) is 14.3. The summed E-state index contributed by atoms with van der Waals surface area (Å²) in [6, 6.07) is 11.0. The van der Waals surface area contributed by atoms with Gasteiger partial charge in [0.1, 0.15) is 22.0 Å². The van der Waals surface area contributed by atoms with Gasteiger partial charge >= 0.3 is 0 Å². The molecule has 1 aliphatic heterocycles. The lowest BCUT2D eigenvalue weighted by Gasteiger charge is -2.23. The molecule has 2 aromatic carbocycles. The lowest BCUT2D eigenvalue weighted by Crippen LogP contribution is -2.33. The van der Waals surface area contributed by atoms with Crippen molar-refractivity contribution in [1.82, 2.24) is 4.57 Å². The number of hydrogen-bond donors (Lipinski definition) is 3. The number of carbonyl (C=O) groups is 1. The minimum atomic E-state index is -4.27. The molecule has 0 saturated carbocycles. The Morgan fingerprint density at radius 2 is 1.91 bits per heavy atom. The van der Waals surface area contributed by atoms with Gasteiger partial charge in [0.15, 0.2) is 12.4 Å². The van der Waals surface area contributed by atoms with Crippen molar-refractivity contribution in [3.8, 4) is 11.5 Å². The highest BCUT2D eigenvalue weighted by Gasteiger charge is 2.30. The predicted octanol–water partition coefficient (Wildman–Crippen LogP) is 2.57. The Morgan fingerprint density at radius 1 is 1.20 bits per heavy atom. The summed E-state index contributed by atoms with van der Waals surface area (Å²) < 4.78 is 36.5. The number of nitrogens with two attached hydrogens (primary N) is 1. The average Bonchev–Trinajstić information content (AvgIpc) is 2.77. The standard InChI is InChI=1S/C24H26N4O6S/c1-24(2,3)10-11-28-17-7-5-4-6-15(17)21(30)20(23(28)31)22-26-16-9-8-14(34-13-19(25)29)12-18(16)35(32,33)27-22/h4-9,12,30H,10-11,13H2,1-3H3,(H2,25,29)(H,26,27). The number of hydrogen-bond acceptors (Lipinski definition) is 7. The third-order valence-corrected chi connectivity index (χ3v) is 6.86. The second-order valence-corrected chi connectivity index (χ2v) is 11.0. The number of benzene rings is 2. The minimum Gasteiger partial charge on any atom is -0.506 e. The van der Waals surface area contributed by atoms with Crippen molar-refractivity contribution < 1.29 is 23.1 Å². The zero-order valence-corrected chi connectivity index (χ0v) is 20.3. The number of amidine groups is 1. The number of aromatic nitrogens is 1. The van der Waals surface area contributed by atoms with Gasteiger partial charge in [-0.2, -0.15) is 8.42 Å². The van der Waals surface area contributed by atoms with Crippen LogP contribution >= 0.6 is 0 Å². The van der Waals surface area contributed by atoms with Gasteiger partial charge < -0.3 is 25.5 Å². The lowest BCUT2D eigenvalue weighted by molar-refractivity contribution is -0.119. The molecule has 0 bridgehead atoms. The number of nitrogens with one attached hydrogen (secondary N) is 1. The van der Waals surface area contributed by atoms with E-state index in [0.29, 0.717) is 23.9 Å². The second kappa shape index (κ2) is 8.73. The molecular weight excluding hydrogens is 472 g/mol. The van der Waals surface area contributed by atoms with Gasteiger partial charge in [0.25, 0.3) is 21.5 Å². The quantitative estimate of drug-likeness (QED) is 0.472. The van der Waals surface area contributed by atoms with E-state index >= 15 is 0 Å². The number of aromatic hydroxyl groups is 1. The van der Waals surface area contributed by atoms with E-state index in [0.717, 1.165) is 0 Å². The van der Waals surface area contributed by atoms with E-state index in [1.807, 2.05) is 0 Å². The van der Waals surface area contributed by atoms with Gasteiger partial charge in [0.05, 0.1) is 11.2 Å². The van der Waals surface area contributed by atoms with Crippen molar-refractivity contribution in [1.29, 1.82) is 0 Å². The Kier molecular flexibility index (Phi) is 6.05. The van der Waals surface area contributed by atoms with Crippen molar-refractivity contribution >= 4 is 38.4 Å². The third kappa shape index (κ3) is 4.85. The van der Waals surface area contributed by atoms with Crippen LogP contribution in [0.2, 0.25) is 0 Å². The van der Waals surface area contributed by atoms with Crippen molar-refractivity contribution in [3.05, 3.63) is 58.4 Å². The van der Waals surface area contributed by atoms with Crippen molar-refractivity contribution in [2.75, 3.05) is 11.9 Å². The molecular formula is C24H26N4O6S. The highest BCUT2D eigenvalue weighted by molar-refractivity contribution is 7.90. The smallest absolute Gasteiger partial charge is 0.286 e. The first kappa shape index (κ1) is 24.3. The van der Waals surface area contributed by atoms with E-state index in [2.05, 4.69) is 30.5 Å². The lowest BCUT2D eigenvalue weighted by atomic mass is 9.92. The molecule has 10 nitrogen and oxygen atoms in total. The predicted molar refractivity (Wildman–Crippen MR) is 132 cm³/mol. The van der Waals surface area contributed by atoms with Crippen LogP contribution in [0.15, 0.2) is 56.6 Å². The number of para-hydroxylation sites is 1. The number of sulfonamides is 1. The summed E-state index contributed by atoms with van der Waals surface area (Å²) in [6.07, 6.45) is 0.677. The molecule has 35 heavy (non-hydrogen) atoms. The molecule has 1 aromatic heterocycles. The van der Waals surface area contributed by atoms with Crippen LogP contribution < -0.4 is 21.3 Å². The highest BCUT2D eigenvalue weighted by Crippen LogP contribution is 2.34. The summed E-state index contributed by atoms with van der Waals surface area (Å²) >= 11 is 0. The van der Waals surface area contributed by atoms with Crippen LogP contribution in [0.4, 0.5) is 5.69 Å². The molecule has 0 atom stereocenters. The van der Waals surface area contributed by atoms with Crippen LogP contribution in [0.1, 0.15) is 32.8 Å². The normalized spacial score (nSPS) is 14.7. The van der Waals surface area contributed by atoms with Crippen LogP contribution in [0.25, 0.3) is 10.9 Å². The maximum Gasteiger partial charge on any atom is 0.286 e. The average molecular weight is 499 g/mol. The molecule has 0 unspecified atom stereocenters. The fourth-order valence-electron chi connectivity index (χ4n) is 3.76. The van der Waals surface area contributed by atoms with Gasteiger partial charge in [-0.3, -0.25) is 9.59 Å². The maximum atomic E-state index is 13.6. The maximum absolute atomic E-state index is 13.6. The van der Waals surface area contributed by atoms with E-state index < -0.39 is 28.1 Å². The Morgan fingerprint density at radius 3 is 2.60 bits per heavy atom. The van der Waals surface area contributed by atoms with Crippen LogP contribution in [-0.2, 0) is 21.4 Å². The van der Waals surface area contributed by atoms with Gasteiger partial charge in [-0.15, -0.1) is 4.40 Å². The Balaban J connectivity index is 1.85. The molecule has 1 amide bonds. The topological polar surface area (TPSA) is 153 Å². The van der Waals surface area contributed by atoms with E-state index in [1.54, 1.807) is 24.3 Å². The number of pyridine rings is 1. The summed E-state index contributed by atoms with van der Waals surface area (Å²) in [4.78, 5) is 24.3. The Labute approximate surface area is 202 Å². The molecule has 1 aliphatic rings. The molecule has 3 aromatic rings. The van der Waals surface area contributed by atoms with E-state index in [9.17, 15) is 23.1 Å². The van der Waals surface area contributed by atoms with E-state index in [-0.39, 0.29) is 38.9 Å². The number of amides is 1. The molecule has 2 heterocycles. The molecule has 184 valence electrons. The number of fused-ring (bicyclic) bond motifs is 2. The van der Waals surface area contributed by atoms with Crippen molar-refractivity contribution in [3.63, 3.8) is 0 Å².